The molecule has 0 radical (unpaired) electrons. The van der Waals surface area contributed by atoms with Crippen LogP contribution in [0, 0.1) is 11.6 Å². The number of halogens is 3. The third-order valence-corrected chi connectivity index (χ3v) is 3.37. The predicted octanol–water partition coefficient (Wildman–Crippen LogP) is 3.84. The van der Waals surface area contributed by atoms with Gasteiger partial charge in [0.1, 0.15) is 11.6 Å². The maximum Gasteiger partial charge on any atom is 0.126 e. The van der Waals surface area contributed by atoms with E-state index in [0.29, 0.717) is 18.4 Å². The lowest BCUT2D eigenvalue weighted by atomic mass is 9.99. The molecule has 19 heavy (non-hydrogen) atoms. The van der Waals surface area contributed by atoms with E-state index in [4.69, 9.17) is 5.73 Å². The Labute approximate surface area is 119 Å². The summed E-state index contributed by atoms with van der Waals surface area (Å²) in [5.41, 5.74) is 7.39. The van der Waals surface area contributed by atoms with Gasteiger partial charge in [-0.3, -0.25) is 0 Å². The maximum atomic E-state index is 13.5. The van der Waals surface area contributed by atoms with Gasteiger partial charge in [0, 0.05) is 10.5 Å². The lowest BCUT2D eigenvalue weighted by Crippen LogP contribution is -2.26. The average molecular weight is 326 g/mol. The molecule has 2 aromatic rings. The van der Waals surface area contributed by atoms with E-state index in [2.05, 4.69) is 15.9 Å². The Bertz CT molecular complexity index is 572. The van der Waals surface area contributed by atoms with Gasteiger partial charge >= 0.3 is 0 Å². The molecule has 1 atom stereocenters. The van der Waals surface area contributed by atoms with Crippen molar-refractivity contribution in [3.8, 4) is 0 Å². The number of rotatable bonds is 4. The largest absolute Gasteiger partial charge is 0.327 e. The van der Waals surface area contributed by atoms with E-state index in [1.807, 2.05) is 24.3 Å². The minimum Gasteiger partial charge on any atom is -0.327 e. The van der Waals surface area contributed by atoms with Gasteiger partial charge in [-0.2, -0.15) is 0 Å². The molecule has 0 bridgehead atoms. The van der Waals surface area contributed by atoms with Gasteiger partial charge in [-0.05, 0) is 54.3 Å². The zero-order valence-electron chi connectivity index (χ0n) is 10.2. The van der Waals surface area contributed by atoms with Crippen molar-refractivity contribution in [2.24, 2.45) is 5.73 Å². The smallest absolute Gasteiger partial charge is 0.126 e. The van der Waals surface area contributed by atoms with Crippen LogP contribution in [0.25, 0.3) is 0 Å². The Balaban J connectivity index is 2.05. The Morgan fingerprint density at radius 2 is 1.84 bits per heavy atom. The molecule has 0 aliphatic carbocycles. The van der Waals surface area contributed by atoms with E-state index in [9.17, 15) is 8.78 Å². The van der Waals surface area contributed by atoms with Crippen molar-refractivity contribution in [3.05, 3.63) is 69.7 Å². The average Bonchev–Trinajstić information content (AvgIpc) is 2.34. The fourth-order valence-electron chi connectivity index (χ4n) is 2.02. The molecule has 0 heterocycles. The van der Waals surface area contributed by atoms with Crippen LogP contribution in [0.2, 0.25) is 0 Å². The number of hydrogen-bond acceptors (Lipinski definition) is 1. The summed E-state index contributed by atoms with van der Waals surface area (Å²) in [4.78, 5) is 0. The molecular weight excluding hydrogens is 312 g/mol. The molecule has 0 saturated carbocycles. The molecule has 2 N–H and O–H groups in total. The van der Waals surface area contributed by atoms with Crippen molar-refractivity contribution < 1.29 is 8.78 Å². The second-order valence-electron chi connectivity index (χ2n) is 4.53. The van der Waals surface area contributed by atoms with Gasteiger partial charge in [-0.25, -0.2) is 8.78 Å². The highest BCUT2D eigenvalue weighted by molar-refractivity contribution is 9.10. The summed E-state index contributed by atoms with van der Waals surface area (Å²) in [5.74, 6) is -0.850. The molecule has 0 fully saturated rings. The third kappa shape index (κ3) is 4.11. The van der Waals surface area contributed by atoms with Crippen LogP contribution in [0.1, 0.15) is 11.1 Å². The number of hydrogen-bond donors (Lipinski definition) is 1. The summed E-state index contributed by atoms with van der Waals surface area (Å²) >= 11 is 3.39. The van der Waals surface area contributed by atoms with Crippen LogP contribution < -0.4 is 5.73 Å². The quantitative estimate of drug-likeness (QED) is 0.908. The van der Waals surface area contributed by atoms with Gasteiger partial charge in [0.15, 0.2) is 0 Å². The van der Waals surface area contributed by atoms with Gasteiger partial charge in [-0.1, -0.05) is 28.1 Å². The highest BCUT2D eigenvalue weighted by Gasteiger charge is 2.10. The first-order chi connectivity index (χ1) is 9.04. The fourth-order valence-corrected chi connectivity index (χ4v) is 2.47. The van der Waals surface area contributed by atoms with Crippen molar-refractivity contribution >= 4 is 15.9 Å². The van der Waals surface area contributed by atoms with Crippen molar-refractivity contribution in [3.63, 3.8) is 0 Å². The molecule has 1 unspecified atom stereocenters. The third-order valence-electron chi connectivity index (χ3n) is 2.88. The molecule has 1 nitrogen and oxygen atoms in total. The fraction of sp³-hybridized carbons (Fsp3) is 0.200. The predicted molar refractivity (Wildman–Crippen MR) is 75.9 cm³/mol. The normalized spacial score (nSPS) is 12.4. The molecule has 2 rings (SSSR count). The highest BCUT2D eigenvalue weighted by Crippen LogP contribution is 2.16. The van der Waals surface area contributed by atoms with Crippen molar-refractivity contribution in [1.82, 2.24) is 0 Å². The summed E-state index contributed by atoms with van der Waals surface area (Å²) < 4.78 is 27.5. The molecule has 4 heteroatoms. The molecule has 0 saturated heterocycles. The zero-order chi connectivity index (χ0) is 13.8. The van der Waals surface area contributed by atoms with Crippen molar-refractivity contribution in [2.45, 2.75) is 18.9 Å². The molecule has 0 aliphatic heterocycles. The van der Waals surface area contributed by atoms with Crippen LogP contribution in [0.3, 0.4) is 0 Å². The van der Waals surface area contributed by atoms with Crippen LogP contribution in [0.15, 0.2) is 46.9 Å². The number of benzene rings is 2. The highest BCUT2D eigenvalue weighted by atomic mass is 79.9. The van der Waals surface area contributed by atoms with E-state index < -0.39 is 11.6 Å². The molecule has 100 valence electrons. The summed E-state index contributed by atoms with van der Waals surface area (Å²) in [7, 11) is 0. The standard InChI is InChI=1S/C15H14BrF2N/c16-12-3-1-2-10(6-12)7-14(19)9-11-8-13(17)4-5-15(11)18/h1-6,8,14H,7,9,19H2. The van der Waals surface area contributed by atoms with Gasteiger partial charge in [0.2, 0.25) is 0 Å². The molecule has 0 aliphatic rings. The first kappa shape index (κ1) is 14.2. The second kappa shape index (κ2) is 6.26. The number of nitrogens with two attached hydrogens (primary N) is 1. The lowest BCUT2D eigenvalue weighted by molar-refractivity contribution is 0.566. The van der Waals surface area contributed by atoms with E-state index in [0.717, 1.165) is 22.2 Å². The minimum absolute atomic E-state index is 0.245. The first-order valence-corrected chi connectivity index (χ1v) is 6.78. The first-order valence-electron chi connectivity index (χ1n) is 5.98. The van der Waals surface area contributed by atoms with E-state index in [1.165, 1.54) is 6.07 Å². The topological polar surface area (TPSA) is 26.0 Å². The summed E-state index contributed by atoms with van der Waals surface area (Å²) in [6.07, 6.45) is 0.936. The molecule has 0 aromatic heterocycles. The SMILES string of the molecule is NC(Cc1cccc(Br)c1)Cc1cc(F)ccc1F. The van der Waals surface area contributed by atoms with Gasteiger partial charge in [0.05, 0.1) is 0 Å². The Morgan fingerprint density at radius 3 is 2.58 bits per heavy atom. The molecular formula is C15H14BrF2N. The Hall–Kier alpha value is -1.26. The van der Waals surface area contributed by atoms with Crippen LogP contribution in [0.5, 0.6) is 0 Å². The second-order valence-corrected chi connectivity index (χ2v) is 5.45. The van der Waals surface area contributed by atoms with Gasteiger partial charge in [-0.15, -0.1) is 0 Å². The van der Waals surface area contributed by atoms with Crippen LogP contribution in [-0.4, -0.2) is 6.04 Å². The van der Waals surface area contributed by atoms with Gasteiger partial charge < -0.3 is 5.73 Å². The maximum absolute atomic E-state index is 13.5. The van der Waals surface area contributed by atoms with E-state index >= 15 is 0 Å². The van der Waals surface area contributed by atoms with Gasteiger partial charge in [0.25, 0.3) is 0 Å². The molecule has 2 aromatic carbocycles. The van der Waals surface area contributed by atoms with Crippen LogP contribution >= 0.6 is 15.9 Å². The Kier molecular flexibility index (Phi) is 4.66. The van der Waals surface area contributed by atoms with Crippen molar-refractivity contribution in [1.29, 1.82) is 0 Å². The molecule has 0 spiro atoms. The van der Waals surface area contributed by atoms with E-state index in [1.54, 1.807) is 0 Å². The summed E-state index contributed by atoms with van der Waals surface area (Å²) in [5, 5.41) is 0. The lowest BCUT2D eigenvalue weighted by Gasteiger charge is -2.12. The molecule has 0 amide bonds. The zero-order valence-corrected chi connectivity index (χ0v) is 11.8. The Morgan fingerprint density at radius 1 is 1.05 bits per heavy atom. The summed E-state index contributed by atoms with van der Waals surface area (Å²) in [6, 6.07) is 11.0. The monoisotopic (exact) mass is 325 g/mol. The van der Waals surface area contributed by atoms with Crippen molar-refractivity contribution in [2.75, 3.05) is 0 Å². The van der Waals surface area contributed by atoms with Crippen LogP contribution in [-0.2, 0) is 12.8 Å². The minimum atomic E-state index is -0.439. The van der Waals surface area contributed by atoms with Crippen LogP contribution in [0.4, 0.5) is 8.78 Å². The van der Waals surface area contributed by atoms with E-state index in [-0.39, 0.29) is 6.04 Å². The summed E-state index contributed by atoms with van der Waals surface area (Å²) in [6.45, 7) is 0.